The lowest BCUT2D eigenvalue weighted by Gasteiger charge is -0.413. The molecule has 0 fully saturated rings. The number of halogens is 2. The Labute approximate surface area is 42.1 Å². The zero-order valence-electron chi connectivity index (χ0n) is 2.32. The van der Waals surface area contributed by atoms with Crippen LogP contribution in [0.1, 0.15) is 0 Å². The molecule has 0 saturated heterocycles. The second-order valence-corrected chi connectivity index (χ2v) is 0. The van der Waals surface area contributed by atoms with Crippen molar-refractivity contribution < 1.29 is 16.4 Å². The summed E-state index contributed by atoms with van der Waals surface area (Å²) in [6.45, 7) is 0. The normalized spacial score (nSPS) is 0. The Morgan fingerprint density at radius 2 is 0.400 bits per heavy atom. The highest BCUT2D eigenvalue weighted by Gasteiger charge is -0.146. The van der Waals surface area contributed by atoms with E-state index in [1.165, 1.54) is 0 Å². The quantitative estimate of drug-likeness (QED) is 0.373. The van der Waals surface area contributed by atoms with E-state index >= 15 is 0 Å². The van der Waals surface area contributed by atoms with Gasteiger partial charge in [0.1, 0.15) is 0 Å². The predicted molar refractivity (Wildman–Crippen MR) is 25.3 cm³/mol. The van der Waals surface area contributed by atoms with Crippen LogP contribution in [0.5, 0.6) is 0 Å². The number of hydrogen-bond donors (Lipinski definition) is 0. The van der Waals surface area contributed by atoms with E-state index in [0.717, 1.165) is 0 Å². The first-order valence-corrected chi connectivity index (χ1v) is 0. The van der Waals surface area contributed by atoms with Gasteiger partial charge in [0.25, 0.3) is 0 Å². The molecule has 0 heterocycles. The Morgan fingerprint density at radius 3 is 0.400 bits per heavy atom. The number of hydrogen-bond acceptors (Lipinski definition) is 0. The molecule has 0 aliphatic heterocycles. The lowest BCUT2D eigenvalue weighted by atomic mass is 16.0. The maximum Gasteiger partial charge on any atom is -0.147 e. The maximum atomic E-state index is 0. The van der Waals surface area contributed by atoms with Gasteiger partial charge in [0.15, 0.2) is 0 Å². The number of rotatable bonds is 0. The Bertz CT molecular complexity index is 4.85. The van der Waals surface area contributed by atoms with Crippen molar-refractivity contribution in [1.29, 1.82) is 0 Å². The summed E-state index contributed by atoms with van der Waals surface area (Å²) in [5, 5.41) is 0. The van der Waals surface area contributed by atoms with Gasteiger partial charge in [-0.3, -0.25) is 0 Å². The highest BCUT2D eigenvalue weighted by Crippen LogP contribution is 0.691. The van der Waals surface area contributed by atoms with Crippen LogP contribution in [-0.2, 0) is 0 Å². The average Bonchev–Trinajstić information content (AvgIpc) is 0. The van der Waals surface area contributed by atoms with Gasteiger partial charge in [-0.15, -0.1) is 24.8 Å². The van der Waals surface area contributed by atoms with Crippen molar-refractivity contribution in [3.8, 4) is 0 Å². The van der Waals surface area contributed by atoms with E-state index < -0.39 is 0 Å². The summed E-state index contributed by atoms with van der Waals surface area (Å²) in [7, 11) is 0. The van der Waals surface area contributed by atoms with E-state index in [4.69, 9.17) is 0 Å². The van der Waals surface area contributed by atoms with Crippen LogP contribution in [0.25, 0.3) is 0 Å². The molecule has 0 aromatic heterocycles. The van der Waals surface area contributed by atoms with E-state index in [0.29, 0.717) is 0 Å². The summed E-state index contributed by atoms with van der Waals surface area (Å²) >= 11 is 0. The summed E-state index contributed by atoms with van der Waals surface area (Å²) in [4.78, 5) is 0. The van der Waals surface area contributed by atoms with Crippen LogP contribution in [0, 0.1) is 0 Å². The van der Waals surface area contributed by atoms with Crippen LogP contribution in [-0.4, -0.2) is 16.4 Å². The molecule has 6 N–H and O–H groups in total. The predicted octanol–water partition coefficient (Wildman–Crippen LogP) is -1.63. The van der Waals surface area contributed by atoms with Gasteiger partial charge in [-0.2, -0.15) is 0 Å². The molecule has 0 aromatic rings. The smallest absolute Gasteiger partial charge is 0.147 e. The first-order chi connectivity index (χ1) is 0. The molecule has 0 bridgehead atoms. The summed E-state index contributed by atoms with van der Waals surface area (Å²) in [6.07, 6.45) is 0. The van der Waals surface area contributed by atoms with Crippen molar-refractivity contribution in [3.05, 3.63) is 0 Å². The van der Waals surface area contributed by atoms with Gasteiger partial charge >= 0.3 is 0 Å². The van der Waals surface area contributed by atoms with Crippen molar-refractivity contribution in [2.24, 2.45) is 0 Å². The fraction of sp³-hybridized carbons (Fsp3) is 0. The van der Waals surface area contributed by atoms with Crippen LogP contribution in [0.2, 0.25) is 0 Å². The third-order valence-electron chi connectivity index (χ3n) is 0. The molecule has 0 spiro atoms. The zero-order chi connectivity index (χ0) is 0. The van der Waals surface area contributed by atoms with Crippen LogP contribution in [0.4, 0.5) is 0 Å². The summed E-state index contributed by atoms with van der Waals surface area (Å²) in [5.41, 5.74) is 0. The molecule has 5 heteroatoms. The topological polar surface area (TPSA) is 94.5 Å². The molecule has 0 saturated carbocycles. The van der Waals surface area contributed by atoms with Crippen molar-refractivity contribution in [1.82, 2.24) is 0 Å². The summed E-state index contributed by atoms with van der Waals surface area (Å²) in [5.74, 6) is 0. The van der Waals surface area contributed by atoms with Crippen LogP contribution >= 0.6 is 24.8 Å². The molecule has 0 amide bonds. The SMILES string of the molecule is Cl.Cl.O.O.O. The Morgan fingerprint density at radius 1 is 0.400 bits per heavy atom. The zero-order valence-corrected chi connectivity index (χ0v) is 3.95. The molecule has 40 valence electrons. The maximum absolute atomic E-state index is 0. The Balaban J connectivity index is 0. The largest absolute Gasteiger partial charge is 0.412 e. The van der Waals surface area contributed by atoms with Gasteiger partial charge in [-0.05, 0) is 0 Å². The van der Waals surface area contributed by atoms with Gasteiger partial charge in [0.05, 0.1) is 0 Å². The van der Waals surface area contributed by atoms with E-state index in [1.54, 1.807) is 0 Å². The van der Waals surface area contributed by atoms with Gasteiger partial charge in [-0.1, -0.05) is 0 Å². The Hall–Kier alpha value is 0.460. The molecular formula is H8Cl2O3. The lowest BCUT2D eigenvalue weighted by molar-refractivity contribution is 0.823. The monoisotopic (exact) mass is 126 g/mol. The molecule has 0 aromatic carbocycles. The van der Waals surface area contributed by atoms with E-state index in [1.807, 2.05) is 0 Å². The minimum atomic E-state index is 0. The van der Waals surface area contributed by atoms with E-state index in [9.17, 15) is 0 Å². The minimum absolute atomic E-state index is 0. The van der Waals surface area contributed by atoms with Gasteiger partial charge < -0.3 is 16.4 Å². The second-order valence-electron chi connectivity index (χ2n) is 0. The van der Waals surface area contributed by atoms with Gasteiger partial charge in [-0.25, -0.2) is 0 Å². The molecule has 0 aliphatic carbocycles. The molecule has 5 heavy (non-hydrogen) atoms. The molecular weight excluding hydrogens is 119 g/mol. The van der Waals surface area contributed by atoms with Crippen LogP contribution in [0.15, 0.2) is 0 Å². The highest BCUT2D eigenvalue weighted by molar-refractivity contribution is 5.85. The summed E-state index contributed by atoms with van der Waals surface area (Å²) in [6, 6.07) is 0. The summed E-state index contributed by atoms with van der Waals surface area (Å²) < 4.78 is 0. The van der Waals surface area contributed by atoms with Gasteiger partial charge in [0, 0.05) is 0 Å². The van der Waals surface area contributed by atoms with Crippen LogP contribution in [0.3, 0.4) is 0 Å². The first-order valence-electron chi connectivity index (χ1n) is 0. The third-order valence-corrected chi connectivity index (χ3v) is 0. The minimum Gasteiger partial charge on any atom is -0.412 e. The van der Waals surface area contributed by atoms with Crippen molar-refractivity contribution in [2.45, 2.75) is 0 Å². The highest BCUT2D eigenvalue weighted by atomic mass is 35.5. The second kappa shape index (κ2) is 252. The molecule has 3 nitrogen and oxygen atoms in total. The molecule has 0 atom stereocenters. The van der Waals surface area contributed by atoms with Crippen LogP contribution < -0.4 is 0 Å². The molecule has 0 radical (unpaired) electrons. The van der Waals surface area contributed by atoms with E-state index in [-0.39, 0.29) is 41.2 Å². The van der Waals surface area contributed by atoms with Gasteiger partial charge in [0.2, 0.25) is 0 Å². The molecule has 0 unspecified atom stereocenters. The van der Waals surface area contributed by atoms with E-state index in [2.05, 4.69) is 0 Å². The standard InChI is InChI=1S/2ClH.3H2O/h2*1H;3*1H2. The van der Waals surface area contributed by atoms with Crippen molar-refractivity contribution >= 4 is 24.8 Å². The fourth-order valence-electron chi connectivity index (χ4n) is 0. The Kier molecular flexibility index (Phi) is 25900. The third kappa shape index (κ3) is 128. The van der Waals surface area contributed by atoms with Crippen molar-refractivity contribution in [2.75, 3.05) is 0 Å². The fourth-order valence-corrected chi connectivity index (χ4v) is 0. The molecule has 0 aliphatic rings. The molecule has 0 rings (SSSR count). The van der Waals surface area contributed by atoms with Crippen molar-refractivity contribution in [3.63, 3.8) is 0 Å². The lowest BCUT2D eigenvalue weighted by Crippen LogP contribution is -0.290. The first kappa shape index (κ1) is 513. The average molecular weight is 127 g/mol.